The smallest absolute Gasteiger partial charge is 0.234 e. The topological polar surface area (TPSA) is 66.9 Å². The van der Waals surface area contributed by atoms with Gasteiger partial charge in [-0.2, -0.15) is 0 Å². The summed E-state index contributed by atoms with van der Waals surface area (Å²) >= 11 is 8.67. The second kappa shape index (κ2) is 8.53. The van der Waals surface area contributed by atoms with E-state index in [1.165, 1.54) is 34.2 Å². The molecule has 3 aromatic rings. The third-order valence-corrected chi connectivity index (χ3v) is 5.81. The maximum atomic E-state index is 12.0. The van der Waals surface area contributed by atoms with Gasteiger partial charge in [-0.1, -0.05) is 46.8 Å². The van der Waals surface area contributed by atoms with Crippen LogP contribution in [-0.4, -0.2) is 21.9 Å². The molecule has 2 aromatic carbocycles. The molecule has 5 nitrogen and oxygen atoms in total. The van der Waals surface area contributed by atoms with E-state index in [-0.39, 0.29) is 11.7 Å². The van der Waals surface area contributed by atoms with Crippen molar-refractivity contribution in [3.05, 3.63) is 58.6 Å². The van der Waals surface area contributed by atoms with E-state index in [1.807, 2.05) is 6.07 Å². The highest BCUT2D eigenvalue weighted by molar-refractivity contribution is 8.01. The maximum Gasteiger partial charge on any atom is 0.234 e. The molecule has 0 fully saturated rings. The fraction of sp³-hybridized carbons (Fsp3) is 0.167. The number of hydrogen-bond acceptors (Lipinski definition) is 6. The van der Waals surface area contributed by atoms with Gasteiger partial charge in [0.2, 0.25) is 11.0 Å². The second-order valence-corrected chi connectivity index (χ2v) is 8.28. The number of carbonyl (C=O) groups excluding carboxylic acids is 1. The van der Waals surface area contributed by atoms with Crippen molar-refractivity contribution in [1.29, 1.82) is 0 Å². The molecule has 0 saturated heterocycles. The normalized spacial score (nSPS) is 10.6. The molecular formula is C18H17ClN4OS2. The van der Waals surface area contributed by atoms with E-state index < -0.39 is 0 Å². The third-order valence-electron chi connectivity index (χ3n) is 3.60. The lowest BCUT2D eigenvalue weighted by Crippen LogP contribution is -2.13. The van der Waals surface area contributed by atoms with Crippen molar-refractivity contribution in [3.8, 4) is 0 Å². The first-order chi connectivity index (χ1) is 12.5. The number of hydrogen-bond donors (Lipinski definition) is 2. The first kappa shape index (κ1) is 18.7. The number of benzene rings is 2. The van der Waals surface area contributed by atoms with Crippen molar-refractivity contribution in [2.24, 2.45) is 0 Å². The molecule has 0 bridgehead atoms. The van der Waals surface area contributed by atoms with Crippen LogP contribution in [0, 0.1) is 13.8 Å². The minimum Gasteiger partial charge on any atom is -0.330 e. The van der Waals surface area contributed by atoms with Gasteiger partial charge in [0.05, 0.1) is 5.75 Å². The molecule has 0 atom stereocenters. The van der Waals surface area contributed by atoms with Crippen LogP contribution < -0.4 is 10.6 Å². The van der Waals surface area contributed by atoms with Crippen LogP contribution in [0.25, 0.3) is 0 Å². The molecule has 2 N–H and O–H groups in total. The van der Waals surface area contributed by atoms with Crippen molar-refractivity contribution in [2.75, 3.05) is 16.4 Å². The maximum absolute atomic E-state index is 12.0. The largest absolute Gasteiger partial charge is 0.330 e. The summed E-state index contributed by atoms with van der Waals surface area (Å²) < 4.78 is 0.734. The van der Waals surface area contributed by atoms with Gasteiger partial charge in [0.25, 0.3) is 0 Å². The summed E-state index contributed by atoms with van der Waals surface area (Å²) in [6, 6.07) is 13.2. The highest BCUT2D eigenvalue weighted by Crippen LogP contribution is 2.28. The van der Waals surface area contributed by atoms with Crippen molar-refractivity contribution in [2.45, 2.75) is 18.2 Å². The molecule has 0 unspecified atom stereocenters. The van der Waals surface area contributed by atoms with Gasteiger partial charge in [0, 0.05) is 16.4 Å². The van der Waals surface area contributed by atoms with Gasteiger partial charge in [-0.05, 0) is 55.3 Å². The summed E-state index contributed by atoms with van der Waals surface area (Å²) in [5.41, 5.74) is 4.11. The van der Waals surface area contributed by atoms with Crippen molar-refractivity contribution < 1.29 is 4.79 Å². The number of nitrogens with zero attached hydrogens (tertiary/aromatic N) is 2. The minimum atomic E-state index is -0.115. The summed E-state index contributed by atoms with van der Waals surface area (Å²) in [7, 11) is 0. The van der Waals surface area contributed by atoms with E-state index in [0.29, 0.717) is 15.8 Å². The summed E-state index contributed by atoms with van der Waals surface area (Å²) in [6.07, 6.45) is 0. The lowest BCUT2D eigenvalue weighted by atomic mass is 10.1. The monoisotopic (exact) mass is 404 g/mol. The number of carbonyl (C=O) groups is 1. The lowest BCUT2D eigenvalue weighted by molar-refractivity contribution is -0.113. The van der Waals surface area contributed by atoms with Crippen LogP contribution in [0.3, 0.4) is 0 Å². The minimum absolute atomic E-state index is 0.115. The number of rotatable bonds is 6. The highest BCUT2D eigenvalue weighted by atomic mass is 35.5. The van der Waals surface area contributed by atoms with Gasteiger partial charge < -0.3 is 10.6 Å². The molecule has 3 rings (SSSR count). The average molecular weight is 405 g/mol. The van der Waals surface area contributed by atoms with Crippen LogP contribution in [-0.2, 0) is 4.79 Å². The Balaban J connectivity index is 1.53. The molecular weight excluding hydrogens is 388 g/mol. The molecule has 134 valence electrons. The zero-order valence-electron chi connectivity index (χ0n) is 14.2. The van der Waals surface area contributed by atoms with Gasteiger partial charge in [-0.15, -0.1) is 10.2 Å². The molecule has 8 heteroatoms. The fourth-order valence-electron chi connectivity index (χ4n) is 2.15. The second-order valence-electron chi connectivity index (χ2n) is 5.64. The number of nitrogens with one attached hydrogen (secondary N) is 2. The fourth-order valence-corrected chi connectivity index (χ4v) is 3.91. The van der Waals surface area contributed by atoms with E-state index in [4.69, 9.17) is 11.6 Å². The standard InChI is InChI=1S/C18H17ClN4OS2/c1-11-6-7-15(8-12(11)2)21-17-22-23-18(26-17)25-10-16(24)20-14-5-3-4-13(19)9-14/h3-9H,10H2,1-2H3,(H,20,24)(H,21,22). The SMILES string of the molecule is Cc1ccc(Nc2nnc(SCC(=O)Nc3cccc(Cl)c3)s2)cc1C. The number of halogens is 1. The predicted octanol–water partition coefficient (Wildman–Crippen LogP) is 5.28. The summed E-state index contributed by atoms with van der Waals surface area (Å²) in [5.74, 6) is 0.140. The van der Waals surface area contributed by atoms with E-state index in [0.717, 1.165) is 10.0 Å². The Morgan fingerprint density at radius 3 is 2.73 bits per heavy atom. The number of amides is 1. The molecule has 1 amide bonds. The zero-order valence-corrected chi connectivity index (χ0v) is 16.6. The molecule has 0 saturated carbocycles. The Kier molecular flexibility index (Phi) is 6.13. The first-order valence-electron chi connectivity index (χ1n) is 7.85. The third kappa shape index (κ3) is 5.20. The van der Waals surface area contributed by atoms with Gasteiger partial charge in [0.1, 0.15) is 0 Å². The Labute approximate surface area is 165 Å². The van der Waals surface area contributed by atoms with E-state index >= 15 is 0 Å². The summed E-state index contributed by atoms with van der Waals surface area (Å²) in [6.45, 7) is 4.15. The molecule has 26 heavy (non-hydrogen) atoms. The molecule has 0 spiro atoms. The number of thioether (sulfide) groups is 1. The number of anilines is 3. The van der Waals surface area contributed by atoms with E-state index in [2.05, 4.69) is 46.8 Å². The molecule has 1 heterocycles. The van der Waals surface area contributed by atoms with Gasteiger partial charge in [0.15, 0.2) is 4.34 Å². The Morgan fingerprint density at radius 2 is 1.96 bits per heavy atom. The van der Waals surface area contributed by atoms with Gasteiger partial charge in [-0.25, -0.2) is 0 Å². The van der Waals surface area contributed by atoms with E-state index in [1.54, 1.807) is 24.3 Å². The van der Waals surface area contributed by atoms with Gasteiger partial charge >= 0.3 is 0 Å². The van der Waals surface area contributed by atoms with Gasteiger partial charge in [-0.3, -0.25) is 4.79 Å². The molecule has 0 radical (unpaired) electrons. The Morgan fingerprint density at radius 1 is 1.12 bits per heavy atom. The Bertz CT molecular complexity index is 929. The summed E-state index contributed by atoms with van der Waals surface area (Å²) in [5, 5.41) is 15.6. The van der Waals surface area contributed by atoms with Crippen molar-refractivity contribution in [3.63, 3.8) is 0 Å². The highest BCUT2D eigenvalue weighted by Gasteiger charge is 2.09. The van der Waals surface area contributed by atoms with Crippen LogP contribution in [0.4, 0.5) is 16.5 Å². The van der Waals surface area contributed by atoms with Crippen LogP contribution in [0.5, 0.6) is 0 Å². The molecule has 0 aliphatic rings. The zero-order chi connectivity index (χ0) is 18.5. The van der Waals surface area contributed by atoms with Crippen LogP contribution in [0.1, 0.15) is 11.1 Å². The first-order valence-corrected chi connectivity index (χ1v) is 10.0. The quantitative estimate of drug-likeness (QED) is 0.547. The molecule has 0 aliphatic heterocycles. The van der Waals surface area contributed by atoms with Crippen molar-refractivity contribution >= 4 is 57.1 Å². The van der Waals surface area contributed by atoms with Crippen LogP contribution >= 0.6 is 34.7 Å². The Hall–Kier alpha value is -2.09. The van der Waals surface area contributed by atoms with Crippen LogP contribution in [0.2, 0.25) is 5.02 Å². The van der Waals surface area contributed by atoms with Crippen molar-refractivity contribution in [1.82, 2.24) is 10.2 Å². The predicted molar refractivity (Wildman–Crippen MR) is 110 cm³/mol. The number of aryl methyl sites for hydroxylation is 2. The average Bonchev–Trinajstić information content (AvgIpc) is 3.04. The summed E-state index contributed by atoms with van der Waals surface area (Å²) in [4.78, 5) is 12.0. The number of aromatic nitrogens is 2. The molecule has 0 aliphatic carbocycles. The van der Waals surface area contributed by atoms with Crippen LogP contribution in [0.15, 0.2) is 46.8 Å². The molecule has 1 aromatic heterocycles. The lowest BCUT2D eigenvalue weighted by Gasteiger charge is -2.05. The van der Waals surface area contributed by atoms with E-state index in [9.17, 15) is 4.79 Å².